The summed E-state index contributed by atoms with van der Waals surface area (Å²) >= 11 is 0. The van der Waals surface area contributed by atoms with Crippen LogP contribution >= 0.6 is 0 Å². The predicted octanol–water partition coefficient (Wildman–Crippen LogP) is 1.76. The van der Waals surface area contributed by atoms with E-state index in [9.17, 15) is 9.59 Å². The maximum Gasteiger partial charge on any atom is 0.374 e. The highest BCUT2D eigenvalue weighted by Gasteiger charge is 2.20. The van der Waals surface area contributed by atoms with E-state index in [2.05, 4.69) is 9.47 Å². The SMILES string of the molecule is COC(=O)CN(Cc1cc(C)c(C(=O)OC)o1)C(C)C. The summed E-state index contributed by atoms with van der Waals surface area (Å²) in [6.45, 7) is 6.31. The van der Waals surface area contributed by atoms with E-state index in [4.69, 9.17) is 4.42 Å². The van der Waals surface area contributed by atoms with Gasteiger partial charge in [-0.15, -0.1) is 0 Å². The maximum absolute atomic E-state index is 11.5. The largest absolute Gasteiger partial charge is 0.468 e. The van der Waals surface area contributed by atoms with Crippen molar-refractivity contribution in [1.29, 1.82) is 0 Å². The molecule has 0 spiro atoms. The van der Waals surface area contributed by atoms with Gasteiger partial charge in [-0.3, -0.25) is 9.69 Å². The highest BCUT2D eigenvalue weighted by atomic mass is 16.5. The van der Waals surface area contributed by atoms with Gasteiger partial charge in [-0.25, -0.2) is 4.79 Å². The fourth-order valence-electron chi connectivity index (χ4n) is 1.77. The van der Waals surface area contributed by atoms with Crippen molar-refractivity contribution in [2.24, 2.45) is 0 Å². The van der Waals surface area contributed by atoms with E-state index in [1.54, 1.807) is 13.0 Å². The van der Waals surface area contributed by atoms with E-state index in [1.807, 2.05) is 18.7 Å². The van der Waals surface area contributed by atoms with Crippen LogP contribution in [0.3, 0.4) is 0 Å². The van der Waals surface area contributed by atoms with Gasteiger partial charge < -0.3 is 13.9 Å². The van der Waals surface area contributed by atoms with Crippen LogP contribution in [0.25, 0.3) is 0 Å². The molecule has 1 aromatic heterocycles. The van der Waals surface area contributed by atoms with Crippen LogP contribution in [-0.2, 0) is 20.8 Å². The first-order chi connectivity index (χ1) is 9.38. The summed E-state index contributed by atoms with van der Waals surface area (Å²) in [7, 11) is 2.66. The number of ether oxygens (including phenoxy) is 2. The molecule has 0 radical (unpaired) electrons. The number of methoxy groups -OCH3 is 2. The zero-order valence-corrected chi connectivity index (χ0v) is 12.6. The molecule has 0 aliphatic heterocycles. The summed E-state index contributed by atoms with van der Waals surface area (Å²) < 4.78 is 14.8. The fourth-order valence-corrected chi connectivity index (χ4v) is 1.77. The van der Waals surface area contributed by atoms with E-state index in [-0.39, 0.29) is 24.3 Å². The minimum atomic E-state index is -0.502. The van der Waals surface area contributed by atoms with Crippen molar-refractivity contribution in [3.63, 3.8) is 0 Å². The average Bonchev–Trinajstić information content (AvgIpc) is 2.77. The van der Waals surface area contributed by atoms with Gasteiger partial charge in [0.1, 0.15) is 5.76 Å². The van der Waals surface area contributed by atoms with Crippen LogP contribution in [-0.4, -0.2) is 43.6 Å². The molecule has 0 bridgehead atoms. The zero-order valence-electron chi connectivity index (χ0n) is 12.6. The van der Waals surface area contributed by atoms with Gasteiger partial charge in [0.05, 0.1) is 27.3 Å². The highest BCUT2D eigenvalue weighted by molar-refractivity contribution is 5.87. The molecule has 6 nitrogen and oxygen atoms in total. The first-order valence-corrected chi connectivity index (χ1v) is 6.37. The molecule has 0 N–H and O–H groups in total. The Morgan fingerprint density at radius 1 is 1.30 bits per heavy atom. The molecule has 0 unspecified atom stereocenters. The third-order valence-electron chi connectivity index (χ3n) is 2.99. The molecule has 1 aromatic rings. The second-order valence-corrected chi connectivity index (χ2v) is 4.79. The van der Waals surface area contributed by atoms with Crippen LogP contribution in [0.2, 0.25) is 0 Å². The second kappa shape index (κ2) is 7.09. The lowest BCUT2D eigenvalue weighted by Crippen LogP contribution is -2.35. The number of hydrogen-bond acceptors (Lipinski definition) is 6. The molecule has 0 amide bonds. The van der Waals surface area contributed by atoms with Gasteiger partial charge in [0, 0.05) is 11.6 Å². The predicted molar refractivity (Wildman–Crippen MR) is 72.3 cm³/mol. The minimum Gasteiger partial charge on any atom is -0.468 e. The molecule has 0 aliphatic carbocycles. The topological polar surface area (TPSA) is 69.0 Å². The fraction of sp³-hybridized carbons (Fsp3) is 0.571. The van der Waals surface area contributed by atoms with Crippen molar-refractivity contribution in [2.45, 2.75) is 33.4 Å². The number of nitrogens with zero attached hydrogens (tertiary/aromatic N) is 1. The number of rotatable bonds is 6. The van der Waals surface area contributed by atoms with Gasteiger partial charge in [0.25, 0.3) is 0 Å². The Labute approximate surface area is 118 Å². The monoisotopic (exact) mass is 283 g/mol. The van der Waals surface area contributed by atoms with Crippen molar-refractivity contribution >= 4 is 11.9 Å². The summed E-state index contributed by atoms with van der Waals surface area (Å²) in [6, 6.07) is 1.92. The van der Waals surface area contributed by atoms with E-state index in [0.29, 0.717) is 17.9 Å². The third kappa shape index (κ3) is 4.09. The molecule has 0 fully saturated rings. The van der Waals surface area contributed by atoms with E-state index in [1.165, 1.54) is 14.2 Å². The lowest BCUT2D eigenvalue weighted by molar-refractivity contribution is -0.142. The van der Waals surface area contributed by atoms with Crippen LogP contribution in [0, 0.1) is 6.92 Å². The molecular formula is C14H21NO5. The molecule has 112 valence electrons. The van der Waals surface area contributed by atoms with Crippen LogP contribution in [0.1, 0.15) is 35.7 Å². The van der Waals surface area contributed by atoms with E-state index < -0.39 is 5.97 Å². The molecule has 1 heterocycles. The normalized spacial score (nSPS) is 10.9. The Morgan fingerprint density at radius 2 is 1.95 bits per heavy atom. The Morgan fingerprint density at radius 3 is 2.45 bits per heavy atom. The van der Waals surface area contributed by atoms with Crippen LogP contribution in [0.5, 0.6) is 0 Å². The Balaban J connectivity index is 2.84. The van der Waals surface area contributed by atoms with Gasteiger partial charge in [0.2, 0.25) is 5.76 Å². The lowest BCUT2D eigenvalue weighted by atomic mass is 10.2. The van der Waals surface area contributed by atoms with Crippen LogP contribution in [0.4, 0.5) is 0 Å². The third-order valence-corrected chi connectivity index (χ3v) is 2.99. The van der Waals surface area contributed by atoms with Gasteiger partial charge in [-0.2, -0.15) is 0 Å². The first kappa shape index (κ1) is 16.2. The number of carbonyl (C=O) groups is 2. The van der Waals surface area contributed by atoms with Crippen molar-refractivity contribution in [1.82, 2.24) is 4.90 Å². The zero-order chi connectivity index (χ0) is 15.3. The summed E-state index contributed by atoms with van der Waals surface area (Å²) in [5.74, 6) is -0.00207. The van der Waals surface area contributed by atoms with Crippen molar-refractivity contribution < 1.29 is 23.5 Å². The van der Waals surface area contributed by atoms with Gasteiger partial charge in [-0.05, 0) is 26.8 Å². The summed E-state index contributed by atoms with van der Waals surface area (Å²) in [5, 5.41) is 0. The van der Waals surface area contributed by atoms with Gasteiger partial charge in [0.15, 0.2) is 0 Å². The maximum atomic E-state index is 11.5. The number of esters is 2. The average molecular weight is 283 g/mol. The van der Waals surface area contributed by atoms with Crippen molar-refractivity contribution in [3.8, 4) is 0 Å². The quantitative estimate of drug-likeness (QED) is 0.741. The van der Waals surface area contributed by atoms with E-state index in [0.717, 1.165) is 0 Å². The molecule has 0 aliphatic rings. The number of furan rings is 1. The Bertz CT molecular complexity index is 478. The Kier molecular flexibility index (Phi) is 5.76. The van der Waals surface area contributed by atoms with Crippen LogP contribution in [0.15, 0.2) is 10.5 Å². The van der Waals surface area contributed by atoms with E-state index >= 15 is 0 Å². The molecule has 20 heavy (non-hydrogen) atoms. The molecule has 0 atom stereocenters. The van der Waals surface area contributed by atoms with Gasteiger partial charge in [-0.1, -0.05) is 0 Å². The second-order valence-electron chi connectivity index (χ2n) is 4.79. The summed E-state index contributed by atoms with van der Waals surface area (Å²) in [4.78, 5) is 24.8. The number of aryl methyl sites for hydroxylation is 1. The number of hydrogen-bond donors (Lipinski definition) is 0. The first-order valence-electron chi connectivity index (χ1n) is 6.37. The van der Waals surface area contributed by atoms with Crippen LogP contribution < -0.4 is 0 Å². The van der Waals surface area contributed by atoms with Gasteiger partial charge >= 0.3 is 11.9 Å². The standard InChI is InChI=1S/C14H21NO5/c1-9(2)15(8-12(16)18-4)7-11-6-10(3)13(20-11)14(17)19-5/h6,9H,7-8H2,1-5H3. The molecule has 0 aromatic carbocycles. The summed E-state index contributed by atoms with van der Waals surface area (Å²) in [5.41, 5.74) is 0.716. The van der Waals surface area contributed by atoms with Crippen molar-refractivity contribution in [3.05, 3.63) is 23.2 Å². The highest BCUT2D eigenvalue weighted by Crippen LogP contribution is 2.18. The molecule has 0 saturated heterocycles. The lowest BCUT2D eigenvalue weighted by Gasteiger charge is -2.23. The smallest absolute Gasteiger partial charge is 0.374 e. The number of carbonyl (C=O) groups excluding carboxylic acids is 2. The molecule has 0 saturated carbocycles. The van der Waals surface area contributed by atoms with Crippen molar-refractivity contribution in [2.75, 3.05) is 20.8 Å². The molecular weight excluding hydrogens is 262 g/mol. The summed E-state index contributed by atoms with van der Waals surface area (Å²) in [6.07, 6.45) is 0. The Hall–Kier alpha value is -1.82. The molecule has 6 heteroatoms. The minimum absolute atomic E-state index is 0.140. The molecule has 1 rings (SSSR count).